The van der Waals surface area contributed by atoms with Crippen LogP contribution in [0.15, 0.2) is 23.3 Å². The average Bonchev–Trinajstić information content (AvgIpc) is 2.06. The van der Waals surface area contributed by atoms with Crippen LogP contribution < -0.4 is 4.74 Å². The van der Waals surface area contributed by atoms with Crippen LogP contribution in [0.2, 0.25) is 0 Å². The van der Waals surface area contributed by atoms with Crippen LogP contribution in [0.25, 0.3) is 10.4 Å². The molecule has 5 nitrogen and oxygen atoms in total. The lowest BCUT2D eigenvalue weighted by Crippen LogP contribution is -1.92. The molecule has 1 rings (SSSR count). The molecule has 62 valence electrons. The Kier molecular flexibility index (Phi) is 2.93. The second-order valence-electron chi connectivity index (χ2n) is 1.96. The van der Waals surface area contributed by atoms with Crippen molar-refractivity contribution in [3.05, 3.63) is 28.6 Å². The largest absolute Gasteiger partial charge is 0.478 e. The van der Waals surface area contributed by atoms with Crippen LogP contribution in [0, 0.1) is 0 Å². The molecular weight excluding hydrogens is 156 g/mol. The smallest absolute Gasteiger partial charge is 0.213 e. The minimum Gasteiger partial charge on any atom is -0.478 e. The summed E-state index contributed by atoms with van der Waals surface area (Å²) in [5, 5.41) is 3.34. The number of pyridine rings is 1. The Balaban J connectivity index is 2.87. The van der Waals surface area contributed by atoms with E-state index in [1.807, 2.05) is 6.92 Å². The summed E-state index contributed by atoms with van der Waals surface area (Å²) in [7, 11) is 0. The van der Waals surface area contributed by atoms with E-state index in [2.05, 4.69) is 15.0 Å². The van der Waals surface area contributed by atoms with Gasteiger partial charge in [0.25, 0.3) is 0 Å². The third-order valence-electron chi connectivity index (χ3n) is 1.15. The predicted octanol–water partition coefficient (Wildman–Crippen LogP) is 2.42. The Labute approximate surface area is 69.6 Å². The lowest BCUT2D eigenvalue weighted by Gasteiger charge is -2.00. The fraction of sp³-hybridized carbons (Fsp3) is 0.286. The maximum absolute atomic E-state index is 8.12. The second kappa shape index (κ2) is 4.20. The van der Waals surface area contributed by atoms with Gasteiger partial charge in [-0.05, 0) is 23.6 Å². The molecule has 0 aliphatic carbocycles. The zero-order valence-electron chi connectivity index (χ0n) is 6.64. The number of aromatic nitrogens is 1. The molecule has 0 aromatic carbocycles. The summed E-state index contributed by atoms with van der Waals surface area (Å²) in [4.78, 5) is 6.52. The molecule has 0 atom stereocenters. The Bertz CT molecular complexity index is 306. The van der Waals surface area contributed by atoms with Crippen molar-refractivity contribution in [1.29, 1.82) is 0 Å². The van der Waals surface area contributed by atoms with Gasteiger partial charge in [-0.15, -0.1) is 0 Å². The molecule has 0 saturated heterocycles. The summed E-state index contributed by atoms with van der Waals surface area (Å²) in [6.07, 6.45) is 0. The number of hydrogen-bond donors (Lipinski definition) is 0. The van der Waals surface area contributed by atoms with Gasteiger partial charge in [-0.1, -0.05) is 6.07 Å². The van der Waals surface area contributed by atoms with Crippen molar-refractivity contribution in [2.45, 2.75) is 6.92 Å². The molecule has 1 heterocycles. The summed E-state index contributed by atoms with van der Waals surface area (Å²) in [6, 6.07) is 5.05. The van der Waals surface area contributed by atoms with E-state index in [4.69, 9.17) is 10.3 Å². The molecule has 0 aliphatic heterocycles. The number of hydrogen-bond acceptors (Lipinski definition) is 3. The van der Waals surface area contributed by atoms with Crippen molar-refractivity contribution in [2.75, 3.05) is 6.61 Å². The Morgan fingerprint density at radius 2 is 2.50 bits per heavy atom. The molecule has 0 unspecified atom stereocenters. The SMILES string of the molecule is CCOc1cccc(N=[N+]=[N-])n1. The third kappa shape index (κ3) is 2.14. The van der Waals surface area contributed by atoms with E-state index in [0.29, 0.717) is 18.3 Å². The van der Waals surface area contributed by atoms with Crippen molar-refractivity contribution in [2.24, 2.45) is 5.11 Å². The maximum Gasteiger partial charge on any atom is 0.213 e. The van der Waals surface area contributed by atoms with E-state index in [-0.39, 0.29) is 0 Å². The Morgan fingerprint density at radius 3 is 3.17 bits per heavy atom. The molecular formula is C7H8N4O. The van der Waals surface area contributed by atoms with E-state index in [0.717, 1.165) is 0 Å². The van der Waals surface area contributed by atoms with Crippen molar-refractivity contribution >= 4 is 5.82 Å². The van der Waals surface area contributed by atoms with Gasteiger partial charge in [-0.25, -0.2) is 4.98 Å². The predicted molar refractivity (Wildman–Crippen MR) is 44.2 cm³/mol. The standard InChI is InChI=1S/C7H8N4O/c1-2-12-7-5-3-4-6(9-7)10-11-8/h3-5H,2H2,1H3. The van der Waals surface area contributed by atoms with Gasteiger partial charge < -0.3 is 4.74 Å². The van der Waals surface area contributed by atoms with Gasteiger partial charge in [0, 0.05) is 11.0 Å². The summed E-state index contributed by atoms with van der Waals surface area (Å²) in [6.45, 7) is 2.41. The van der Waals surface area contributed by atoms with Crippen LogP contribution in [-0.2, 0) is 0 Å². The molecule has 0 bridgehead atoms. The van der Waals surface area contributed by atoms with Gasteiger partial charge in [0.05, 0.1) is 6.61 Å². The highest BCUT2D eigenvalue weighted by atomic mass is 16.5. The lowest BCUT2D eigenvalue weighted by molar-refractivity contribution is 0.327. The molecule has 0 fully saturated rings. The average molecular weight is 164 g/mol. The molecule has 1 aromatic rings. The second-order valence-corrected chi connectivity index (χ2v) is 1.96. The molecule has 0 spiro atoms. The fourth-order valence-corrected chi connectivity index (χ4v) is 0.734. The molecule has 0 radical (unpaired) electrons. The highest BCUT2D eigenvalue weighted by molar-refractivity contribution is 5.30. The molecule has 5 heteroatoms. The fourth-order valence-electron chi connectivity index (χ4n) is 0.734. The van der Waals surface area contributed by atoms with Crippen LogP contribution in [-0.4, -0.2) is 11.6 Å². The van der Waals surface area contributed by atoms with Crippen molar-refractivity contribution < 1.29 is 4.74 Å². The van der Waals surface area contributed by atoms with Crippen LogP contribution in [0.3, 0.4) is 0 Å². The highest BCUT2D eigenvalue weighted by Gasteiger charge is 1.93. The van der Waals surface area contributed by atoms with E-state index in [1.165, 1.54) is 0 Å². The first kappa shape index (κ1) is 8.36. The first-order chi connectivity index (χ1) is 5.86. The van der Waals surface area contributed by atoms with Gasteiger partial charge in [0.15, 0.2) is 0 Å². The highest BCUT2D eigenvalue weighted by Crippen LogP contribution is 2.13. The van der Waals surface area contributed by atoms with Crippen molar-refractivity contribution in [3.8, 4) is 5.88 Å². The van der Waals surface area contributed by atoms with Crippen LogP contribution in [0.5, 0.6) is 5.88 Å². The molecule has 0 amide bonds. The van der Waals surface area contributed by atoms with E-state index in [1.54, 1.807) is 18.2 Å². The zero-order chi connectivity index (χ0) is 8.81. The molecule has 0 saturated carbocycles. The quantitative estimate of drug-likeness (QED) is 0.391. The van der Waals surface area contributed by atoms with E-state index >= 15 is 0 Å². The zero-order valence-corrected chi connectivity index (χ0v) is 6.64. The van der Waals surface area contributed by atoms with Gasteiger partial charge in [0.2, 0.25) is 5.88 Å². The Morgan fingerprint density at radius 1 is 1.67 bits per heavy atom. The van der Waals surface area contributed by atoms with Crippen molar-refractivity contribution in [1.82, 2.24) is 4.98 Å². The molecule has 0 aliphatic rings. The van der Waals surface area contributed by atoms with Crippen molar-refractivity contribution in [3.63, 3.8) is 0 Å². The number of azide groups is 1. The topological polar surface area (TPSA) is 70.9 Å². The third-order valence-corrected chi connectivity index (χ3v) is 1.15. The van der Waals surface area contributed by atoms with Gasteiger partial charge in [-0.3, -0.25) is 0 Å². The van der Waals surface area contributed by atoms with Crippen LogP contribution >= 0.6 is 0 Å². The summed E-state index contributed by atoms with van der Waals surface area (Å²) in [5.41, 5.74) is 8.12. The molecule has 0 N–H and O–H groups in total. The monoisotopic (exact) mass is 164 g/mol. The lowest BCUT2D eigenvalue weighted by atomic mass is 10.4. The summed E-state index contributed by atoms with van der Waals surface area (Å²) >= 11 is 0. The van der Waals surface area contributed by atoms with Gasteiger partial charge in [-0.2, -0.15) is 0 Å². The normalized spacial score (nSPS) is 8.75. The van der Waals surface area contributed by atoms with Crippen LogP contribution in [0.4, 0.5) is 5.82 Å². The number of nitrogens with zero attached hydrogens (tertiary/aromatic N) is 4. The van der Waals surface area contributed by atoms with Gasteiger partial charge in [0.1, 0.15) is 5.82 Å². The first-order valence-electron chi connectivity index (χ1n) is 3.51. The Hall–Kier alpha value is -1.74. The molecule has 1 aromatic heterocycles. The number of rotatable bonds is 3. The van der Waals surface area contributed by atoms with Gasteiger partial charge >= 0.3 is 0 Å². The first-order valence-corrected chi connectivity index (χ1v) is 3.51. The molecule has 12 heavy (non-hydrogen) atoms. The van der Waals surface area contributed by atoms with E-state index < -0.39 is 0 Å². The van der Waals surface area contributed by atoms with Crippen LogP contribution in [0.1, 0.15) is 6.92 Å². The summed E-state index contributed by atoms with van der Waals surface area (Å²) < 4.78 is 5.10. The minimum atomic E-state index is 0.323. The minimum absolute atomic E-state index is 0.323. The van der Waals surface area contributed by atoms with E-state index in [9.17, 15) is 0 Å². The summed E-state index contributed by atoms with van der Waals surface area (Å²) in [5.74, 6) is 0.797. The maximum atomic E-state index is 8.12. The number of ether oxygens (including phenoxy) is 1.